The van der Waals surface area contributed by atoms with Crippen LogP contribution in [0.4, 0.5) is 0 Å². The second kappa shape index (κ2) is 7.43. The van der Waals surface area contributed by atoms with Crippen molar-refractivity contribution in [2.45, 2.75) is 38.3 Å². The van der Waals surface area contributed by atoms with Crippen molar-refractivity contribution in [3.05, 3.63) is 35.4 Å². The van der Waals surface area contributed by atoms with E-state index in [2.05, 4.69) is 10.6 Å². The van der Waals surface area contributed by atoms with E-state index < -0.39 is 5.54 Å². The van der Waals surface area contributed by atoms with Gasteiger partial charge in [0.2, 0.25) is 5.91 Å². The minimum absolute atomic E-state index is 0. The van der Waals surface area contributed by atoms with Crippen LogP contribution >= 0.6 is 12.4 Å². The highest BCUT2D eigenvalue weighted by Crippen LogP contribution is 2.32. The summed E-state index contributed by atoms with van der Waals surface area (Å²) in [6.45, 7) is 3.06. The molecule has 1 fully saturated rings. The Hall–Kier alpha value is -1.59. The maximum Gasteiger partial charge on any atom is 0.251 e. The summed E-state index contributed by atoms with van der Waals surface area (Å²) in [6.07, 6.45) is 2.40. The summed E-state index contributed by atoms with van der Waals surface area (Å²) in [5.41, 5.74) is 6.66. The molecule has 2 amide bonds. The Morgan fingerprint density at radius 1 is 1.29 bits per heavy atom. The lowest BCUT2D eigenvalue weighted by Crippen LogP contribution is -2.42. The van der Waals surface area contributed by atoms with E-state index in [-0.39, 0.29) is 24.2 Å². The zero-order valence-electron chi connectivity index (χ0n) is 12.1. The monoisotopic (exact) mass is 311 g/mol. The van der Waals surface area contributed by atoms with E-state index in [9.17, 15) is 9.59 Å². The molecule has 0 unspecified atom stereocenters. The summed E-state index contributed by atoms with van der Waals surface area (Å²) < 4.78 is 0. The SMILES string of the molecule is CCCNC(=O)c1cccc(CNC(=O)C2(N)CC2)c1.Cl. The van der Waals surface area contributed by atoms with Crippen molar-refractivity contribution in [1.29, 1.82) is 0 Å². The predicted octanol–water partition coefficient (Wildman–Crippen LogP) is 1.36. The van der Waals surface area contributed by atoms with E-state index in [0.29, 0.717) is 18.7 Å². The minimum Gasteiger partial charge on any atom is -0.352 e. The van der Waals surface area contributed by atoms with Crippen LogP contribution in [-0.4, -0.2) is 23.9 Å². The highest BCUT2D eigenvalue weighted by molar-refractivity contribution is 5.94. The van der Waals surface area contributed by atoms with E-state index in [1.165, 1.54) is 0 Å². The average molecular weight is 312 g/mol. The highest BCUT2D eigenvalue weighted by atomic mass is 35.5. The molecule has 0 bridgehead atoms. The van der Waals surface area contributed by atoms with Gasteiger partial charge in [-0.1, -0.05) is 19.1 Å². The molecule has 0 spiro atoms. The van der Waals surface area contributed by atoms with E-state index in [4.69, 9.17) is 5.73 Å². The van der Waals surface area contributed by atoms with Crippen LogP contribution in [0, 0.1) is 0 Å². The van der Waals surface area contributed by atoms with Crippen LogP contribution in [0.25, 0.3) is 0 Å². The molecule has 2 rings (SSSR count). The third-order valence-electron chi connectivity index (χ3n) is 3.42. The van der Waals surface area contributed by atoms with Crippen LogP contribution < -0.4 is 16.4 Å². The van der Waals surface area contributed by atoms with Gasteiger partial charge in [-0.15, -0.1) is 12.4 Å². The Morgan fingerprint density at radius 3 is 2.62 bits per heavy atom. The first-order valence-electron chi connectivity index (χ1n) is 6.99. The van der Waals surface area contributed by atoms with Crippen molar-refractivity contribution >= 4 is 24.2 Å². The van der Waals surface area contributed by atoms with Gasteiger partial charge in [-0.3, -0.25) is 9.59 Å². The van der Waals surface area contributed by atoms with Gasteiger partial charge in [-0.2, -0.15) is 0 Å². The number of carbonyl (C=O) groups excluding carboxylic acids is 2. The molecule has 0 heterocycles. The molecular formula is C15H22ClN3O2. The molecule has 0 radical (unpaired) electrons. The predicted molar refractivity (Wildman–Crippen MR) is 84.3 cm³/mol. The van der Waals surface area contributed by atoms with Crippen LogP contribution in [0.3, 0.4) is 0 Å². The highest BCUT2D eigenvalue weighted by Gasteiger charge is 2.45. The van der Waals surface area contributed by atoms with Gasteiger partial charge in [0.1, 0.15) is 0 Å². The quantitative estimate of drug-likeness (QED) is 0.741. The lowest BCUT2D eigenvalue weighted by atomic mass is 10.1. The summed E-state index contributed by atoms with van der Waals surface area (Å²) in [5, 5.41) is 5.64. The molecule has 5 nitrogen and oxygen atoms in total. The lowest BCUT2D eigenvalue weighted by Gasteiger charge is -2.11. The van der Waals surface area contributed by atoms with Crippen LogP contribution in [0.15, 0.2) is 24.3 Å². The summed E-state index contributed by atoms with van der Waals surface area (Å²) in [5.74, 6) is -0.198. The third kappa shape index (κ3) is 4.72. The number of rotatable bonds is 6. The van der Waals surface area contributed by atoms with Crippen LogP contribution in [0.5, 0.6) is 0 Å². The lowest BCUT2D eigenvalue weighted by molar-refractivity contribution is -0.123. The number of halogens is 1. The molecule has 116 valence electrons. The van der Waals surface area contributed by atoms with Crippen LogP contribution in [0.1, 0.15) is 42.1 Å². The zero-order valence-corrected chi connectivity index (χ0v) is 13.0. The first-order chi connectivity index (χ1) is 9.55. The molecule has 1 aliphatic carbocycles. The molecule has 0 saturated heterocycles. The minimum atomic E-state index is -0.657. The van der Waals surface area contributed by atoms with Gasteiger partial charge in [0.25, 0.3) is 5.91 Å². The molecule has 1 aromatic carbocycles. The number of benzene rings is 1. The Kier molecular flexibility index (Phi) is 6.18. The largest absolute Gasteiger partial charge is 0.352 e. The Morgan fingerprint density at radius 2 is 2.00 bits per heavy atom. The Bertz CT molecular complexity index is 515. The van der Waals surface area contributed by atoms with Crippen molar-refractivity contribution in [1.82, 2.24) is 10.6 Å². The van der Waals surface area contributed by atoms with E-state index in [1.807, 2.05) is 19.1 Å². The van der Waals surface area contributed by atoms with Gasteiger partial charge >= 0.3 is 0 Å². The second-order valence-electron chi connectivity index (χ2n) is 5.30. The van der Waals surface area contributed by atoms with Gasteiger partial charge in [-0.05, 0) is 37.0 Å². The van der Waals surface area contributed by atoms with Crippen molar-refractivity contribution < 1.29 is 9.59 Å². The van der Waals surface area contributed by atoms with E-state index >= 15 is 0 Å². The fourth-order valence-corrected chi connectivity index (χ4v) is 1.88. The average Bonchev–Trinajstić information content (AvgIpc) is 3.21. The standard InChI is InChI=1S/C15H21N3O2.ClH/c1-2-8-17-13(19)12-5-3-4-11(9-12)10-18-14(20)15(16)6-7-15;/h3-5,9H,2,6-8,10,16H2,1H3,(H,17,19)(H,18,20);1H. The molecule has 4 N–H and O–H groups in total. The molecule has 21 heavy (non-hydrogen) atoms. The smallest absolute Gasteiger partial charge is 0.251 e. The van der Waals surface area contributed by atoms with Gasteiger partial charge < -0.3 is 16.4 Å². The number of hydrogen-bond donors (Lipinski definition) is 3. The van der Waals surface area contributed by atoms with Crippen molar-refractivity contribution in [2.75, 3.05) is 6.54 Å². The second-order valence-corrected chi connectivity index (χ2v) is 5.30. The number of nitrogens with one attached hydrogen (secondary N) is 2. The van der Waals surface area contributed by atoms with Crippen LogP contribution in [-0.2, 0) is 11.3 Å². The number of amides is 2. The topological polar surface area (TPSA) is 84.2 Å². The van der Waals surface area contributed by atoms with Crippen molar-refractivity contribution in [2.24, 2.45) is 5.73 Å². The van der Waals surface area contributed by atoms with E-state index in [1.54, 1.807) is 12.1 Å². The Balaban J connectivity index is 0.00000220. The first kappa shape index (κ1) is 17.5. The molecule has 0 aliphatic heterocycles. The number of hydrogen-bond acceptors (Lipinski definition) is 3. The molecule has 1 aromatic rings. The molecular weight excluding hydrogens is 290 g/mol. The van der Waals surface area contributed by atoms with Crippen molar-refractivity contribution in [3.8, 4) is 0 Å². The number of nitrogens with two attached hydrogens (primary N) is 1. The van der Waals surface area contributed by atoms with Gasteiger partial charge in [-0.25, -0.2) is 0 Å². The van der Waals surface area contributed by atoms with Gasteiger partial charge in [0.15, 0.2) is 0 Å². The summed E-state index contributed by atoms with van der Waals surface area (Å²) in [6, 6.07) is 7.26. The molecule has 6 heteroatoms. The summed E-state index contributed by atoms with van der Waals surface area (Å²) >= 11 is 0. The molecule has 1 aliphatic rings. The van der Waals surface area contributed by atoms with E-state index in [0.717, 1.165) is 24.8 Å². The first-order valence-corrected chi connectivity index (χ1v) is 6.99. The molecule has 1 saturated carbocycles. The normalized spacial score (nSPS) is 14.8. The van der Waals surface area contributed by atoms with Crippen LogP contribution in [0.2, 0.25) is 0 Å². The number of carbonyl (C=O) groups is 2. The van der Waals surface area contributed by atoms with Crippen molar-refractivity contribution in [3.63, 3.8) is 0 Å². The maximum absolute atomic E-state index is 11.8. The van der Waals surface area contributed by atoms with Gasteiger partial charge in [0, 0.05) is 18.7 Å². The Labute approximate surface area is 131 Å². The maximum atomic E-state index is 11.8. The molecule has 0 aromatic heterocycles. The summed E-state index contributed by atoms with van der Waals surface area (Å²) in [7, 11) is 0. The zero-order chi connectivity index (χ0) is 14.6. The fourth-order valence-electron chi connectivity index (χ4n) is 1.88. The summed E-state index contributed by atoms with van der Waals surface area (Å²) in [4.78, 5) is 23.6. The fraction of sp³-hybridized carbons (Fsp3) is 0.467. The molecule has 0 atom stereocenters. The third-order valence-corrected chi connectivity index (χ3v) is 3.42. The van der Waals surface area contributed by atoms with Gasteiger partial charge in [0.05, 0.1) is 5.54 Å².